The molecule has 3 aromatic rings. The summed E-state index contributed by atoms with van der Waals surface area (Å²) in [5, 5.41) is 5.85. The third-order valence-corrected chi connectivity index (χ3v) is 3.80. The molecule has 3 heteroatoms. The fraction of sp³-hybridized carbons (Fsp3) is 0.333. The van der Waals surface area contributed by atoms with Crippen molar-refractivity contribution in [3.05, 3.63) is 54.0 Å². The minimum Gasteiger partial charge on any atom is -0.257 e. The normalized spacial score (nSPS) is 11.1. The molecule has 0 saturated heterocycles. The van der Waals surface area contributed by atoms with Crippen LogP contribution in [0, 0.1) is 6.92 Å². The van der Waals surface area contributed by atoms with Crippen molar-refractivity contribution in [1.82, 2.24) is 14.8 Å². The van der Waals surface area contributed by atoms with Crippen molar-refractivity contribution in [3.8, 4) is 5.69 Å². The summed E-state index contributed by atoms with van der Waals surface area (Å²) < 4.78 is 1.94. The predicted molar refractivity (Wildman–Crippen MR) is 86.8 cm³/mol. The molecule has 0 amide bonds. The molecule has 0 spiro atoms. The molecule has 0 atom stereocenters. The van der Waals surface area contributed by atoms with E-state index in [1.165, 1.54) is 19.3 Å². The van der Waals surface area contributed by atoms with E-state index in [1.807, 2.05) is 22.9 Å². The quantitative estimate of drug-likeness (QED) is 0.645. The topological polar surface area (TPSA) is 30.7 Å². The molecule has 2 heterocycles. The number of aromatic nitrogens is 3. The molecule has 0 saturated carbocycles. The van der Waals surface area contributed by atoms with Crippen molar-refractivity contribution in [2.45, 2.75) is 39.5 Å². The van der Waals surface area contributed by atoms with Gasteiger partial charge in [0, 0.05) is 23.0 Å². The molecule has 0 unspecified atom stereocenters. The van der Waals surface area contributed by atoms with E-state index >= 15 is 0 Å². The van der Waals surface area contributed by atoms with E-state index in [4.69, 9.17) is 10.1 Å². The van der Waals surface area contributed by atoms with Crippen molar-refractivity contribution in [3.63, 3.8) is 0 Å². The summed E-state index contributed by atoms with van der Waals surface area (Å²) in [6.45, 7) is 4.30. The molecule has 1 aromatic carbocycles. The van der Waals surface area contributed by atoms with Gasteiger partial charge in [-0.1, -0.05) is 38.0 Å². The van der Waals surface area contributed by atoms with Crippen LogP contribution in [0.3, 0.4) is 0 Å². The van der Waals surface area contributed by atoms with Crippen LogP contribution < -0.4 is 0 Å². The lowest BCUT2D eigenvalue weighted by Gasteiger charge is -2.02. The third-order valence-electron chi connectivity index (χ3n) is 3.80. The number of nitrogens with zero attached hydrogens (tertiary/aromatic N) is 3. The lowest BCUT2D eigenvalue weighted by Crippen LogP contribution is -1.94. The third kappa shape index (κ3) is 2.97. The largest absolute Gasteiger partial charge is 0.257 e. The molecule has 0 N–H and O–H groups in total. The Morgan fingerprint density at radius 2 is 1.90 bits per heavy atom. The summed E-state index contributed by atoms with van der Waals surface area (Å²) >= 11 is 0. The monoisotopic (exact) mass is 279 g/mol. The molecule has 0 aliphatic carbocycles. The Hall–Kier alpha value is -2.16. The van der Waals surface area contributed by atoms with Gasteiger partial charge in [0.05, 0.1) is 11.2 Å². The van der Waals surface area contributed by atoms with Gasteiger partial charge in [-0.25, -0.2) is 4.68 Å². The highest BCUT2D eigenvalue weighted by Crippen LogP contribution is 2.20. The minimum atomic E-state index is 1.04. The molecular weight excluding hydrogens is 258 g/mol. The Kier molecular flexibility index (Phi) is 4.00. The number of hydrogen-bond donors (Lipinski definition) is 0. The first kappa shape index (κ1) is 13.8. The second kappa shape index (κ2) is 6.08. The molecule has 0 aliphatic rings. The van der Waals surface area contributed by atoms with Gasteiger partial charge < -0.3 is 0 Å². The van der Waals surface area contributed by atoms with Crippen molar-refractivity contribution in [2.75, 3.05) is 0 Å². The van der Waals surface area contributed by atoms with Crippen LogP contribution in [-0.4, -0.2) is 14.8 Å². The molecule has 0 fully saturated rings. The van der Waals surface area contributed by atoms with Crippen molar-refractivity contribution < 1.29 is 0 Å². The fourth-order valence-electron chi connectivity index (χ4n) is 2.64. The van der Waals surface area contributed by atoms with Crippen molar-refractivity contribution in [1.29, 1.82) is 0 Å². The number of hydrogen-bond acceptors (Lipinski definition) is 2. The van der Waals surface area contributed by atoms with Gasteiger partial charge in [0.2, 0.25) is 0 Å². The molecule has 0 bridgehead atoms. The Morgan fingerprint density at radius 3 is 2.67 bits per heavy atom. The predicted octanol–water partition coefficient (Wildman–Crippen LogP) is 4.46. The zero-order valence-electron chi connectivity index (χ0n) is 12.7. The van der Waals surface area contributed by atoms with Crippen LogP contribution in [0.5, 0.6) is 0 Å². The lowest BCUT2D eigenvalue weighted by molar-refractivity contribution is 0.707. The molecule has 0 radical (unpaired) electrons. The molecule has 2 aromatic heterocycles. The number of rotatable bonds is 5. The summed E-state index contributed by atoms with van der Waals surface area (Å²) in [4.78, 5) is 4.73. The number of benzene rings is 1. The number of fused-ring (bicyclic) bond motifs is 1. The summed E-state index contributed by atoms with van der Waals surface area (Å²) in [7, 11) is 0. The average molecular weight is 279 g/mol. The van der Waals surface area contributed by atoms with Gasteiger partial charge in [0.15, 0.2) is 0 Å². The fourth-order valence-corrected chi connectivity index (χ4v) is 2.64. The van der Waals surface area contributed by atoms with Gasteiger partial charge in [0.1, 0.15) is 0 Å². The number of unbranched alkanes of at least 4 members (excludes halogenated alkanes) is 2. The molecular formula is C18H21N3. The first-order chi connectivity index (χ1) is 10.3. The molecule has 3 rings (SSSR count). The van der Waals surface area contributed by atoms with Gasteiger partial charge in [-0.3, -0.25) is 4.98 Å². The van der Waals surface area contributed by atoms with Crippen LogP contribution in [0.4, 0.5) is 0 Å². The Labute approximate surface area is 125 Å². The van der Waals surface area contributed by atoms with E-state index in [9.17, 15) is 0 Å². The highest BCUT2D eigenvalue weighted by atomic mass is 15.3. The maximum Gasteiger partial charge on any atom is 0.0964 e. The van der Waals surface area contributed by atoms with Gasteiger partial charge >= 0.3 is 0 Å². The minimum absolute atomic E-state index is 1.04. The number of para-hydroxylation sites is 1. The zero-order chi connectivity index (χ0) is 14.7. The second-order valence-corrected chi connectivity index (χ2v) is 5.50. The van der Waals surface area contributed by atoms with Gasteiger partial charge in [0.25, 0.3) is 0 Å². The van der Waals surface area contributed by atoms with Crippen LogP contribution >= 0.6 is 0 Å². The standard InChI is InChI=1S/C18H21N3/c1-3-4-6-9-15-12-18-17(14(2)19-15)13-21(20-18)16-10-7-5-8-11-16/h5,7-8,10-13H,3-4,6,9H2,1-2H3. The van der Waals surface area contributed by atoms with Crippen LogP contribution in [0.15, 0.2) is 42.6 Å². The highest BCUT2D eigenvalue weighted by molar-refractivity contribution is 5.81. The van der Waals surface area contributed by atoms with E-state index in [1.54, 1.807) is 0 Å². The second-order valence-electron chi connectivity index (χ2n) is 5.50. The van der Waals surface area contributed by atoms with E-state index in [0.29, 0.717) is 0 Å². The first-order valence-corrected chi connectivity index (χ1v) is 7.69. The maximum absolute atomic E-state index is 4.73. The summed E-state index contributed by atoms with van der Waals surface area (Å²) in [5.41, 5.74) is 4.35. The van der Waals surface area contributed by atoms with Crippen molar-refractivity contribution >= 4 is 10.9 Å². The molecule has 21 heavy (non-hydrogen) atoms. The van der Waals surface area contributed by atoms with Crippen LogP contribution in [-0.2, 0) is 6.42 Å². The molecule has 0 aliphatic heterocycles. The zero-order valence-corrected chi connectivity index (χ0v) is 12.7. The molecule has 3 nitrogen and oxygen atoms in total. The Balaban J connectivity index is 1.95. The average Bonchev–Trinajstić information content (AvgIpc) is 2.93. The Bertz CT molecular complexity index is 729. The van der Waals surface area contributed by atoms with Gasteiger partial charge in [-0.05, 0) is 38.0 Å². The van der Waals surface area contributed by atoms with Gasteiger partial charge in [-0.15, -0.1) is 0 Å². The van der Waals surface area contributed by atoms with E-state index < -0.39 is 0 Å². The summed E-state index contributed by atoms with van der Waals surface area (Å²) in [6, 6.07) is 12.3. The van der Waals surface area contributed by atoms with Crippen LogP contribution in [0.25, 0.3) is 16.6 Å². The van der Waals surface area contributed by atoms with Crippen LogP contribution in [0.2, 0.25) is 0 Å². The van der Waals surface area contributed by atoms with Crippen LogP contribution in [0.1, 0.15) is 37.6 Å². The summed E-state index contributed by atoms with van der Waals surface area (Å²) in [5.74, 6) is 0. The first-order valence-electron chi connectivity index (χ1n) is 7.69. The van der Waals surface area contributed by atoms with E-state index in [-0.39, 0.29) is 0 Å². The maximum atomic E-state index is 4.73. The highest BCUT2D eigenvalue weighted by Gasteiger charge is 2.08. The van der Waals surface area contributed by atoms with Gasteiger partial charge in [-0.2, -0.15) is 5.10 Å². The Morgan fingerprint density at radius 1 is 1.10 bits per heavy atom. The SMILES string of the molecule is CCCCCc1cc2nn(-c3ccccc3)cc2c(C)n1. The lowest BCUT2D eigenvalue weighted by atomic mass is 10.1. The van der Waals surface area contributed by atoms with E-state index in [2.05, 4.69) is 38.2 Å². The smallest absolute Gasteiger partial charge is 0.0964 e. The number of pyridine rings is 1. The molecule has 108 valence electrons. The number of aryl methyl sites for hydroxylation is 2. The van der Waals surface area contributed by atoms with Crippen molar-refractivity contribution in [2.24, 2.45) is 0 Å². The van der Waals surface area contributed by atoms with E-state index in [0.717, 1.165) is 34.4 Å². The summed E-state index contributed by atoms with van der Waals surface area (Å²) in [6.07, 6.45) is 6.82.